The lowest BCUT2D eigenvalue weighted by molar-refractivity contribution is -0.144. The number of amides is 1. The summed E-state index contributed by atoms with van der Waals surface area (Å²) in [5, 5.41) is 4.12. The number of carbonyl (C=O) groups is 2. The van der Waals surface area contributed by atoms with Gasteiger partial charge in [-0.2, -0.15) is 0 Å². The third-order valence-electron chi connectivity index (χ3n) is 5.66. The van der Waals surface area contributed by atoms with Crippen LogP contribution < -0.4 is 10.9 Å². The highest BCUT2D eigenvalue weighted by molar-refractivity contribution is 6.01. The van der Waals surface area contributed by atoms with Gasteiger partial charge in [0, 0.05) is 29.1 Å². The van der Waals surface area contributed by atoms with Gasteiger partial charge in [-0.3, -0.25) is 9.59 Å². The van der Waals surface area contributed by atoms with Crippen molar-refractivity contribution in [3.8, 4) is 0 Å². The van der Waals surface area contributed by atoms with E-state index >= 15 is 0 Å². The molecule has 150 valence electrons. The number of benzene rings is 1. The van der Waals surface area contributed by atoms with Crippen molar-refractivity contribution >= 4 is 28.3 Å². The van der Waals surface area contributed by atoms with Gasteiger partial charge in [0.05, 0.1) is 7.11 Å². The first-order valence-corrected chi connectivity index (χ1v) is 10.0. The molecule has 6 nitrogen and oxygen atoms in total. The summed E-state index contributed by atoms with van der Waals surface area (Å²) in [4.78, 5) is 37.2. The van der Waals surface area contributed by atoms with Crippen LogP contribution in [0.5, 0.6) is 0 Å². The molecule has 0 radical (unpaired) electrons. The van der Waals surface area contributed by atoms with E-state index in [-0.39, 0.29) is 11.5 Å². The minimum absolute atomic E-state index is 0.00786. The molecule has 0 bridgehead atoms. The lowest BCUT2D eigenvalue weighted by Crippen LogP contribution is -2.28. The SMILES string of the molecule is COC(=O)[C@@H](C)n1ccc2c(NC(=O)CC3CCCCCC3)cccc2c1=O. The largest absolute Gasteiger partial charge is 0.467 e. The summed E-state index contributed by atoms with van der Waals surface area (Å²) in [7, 11) is 1.30. The number of ether oxygens (including phenoxy) is 1. The number of aromatic nitrogens is 1. The summed E-state index contributed by atoms with van der Waals surface area (Å²) < 4.78 is 6.09. The molecule has 0 spiro atoms. The van der Waals surface area contributed by atoms with E-state index in [0.717, 1.165) is 12.8 Å². The summed E-state index contributed by atoms with van der Waals surface area (Å²) in [6.45, 7) is 1.62. The fraction of sp³-hybridized carbons (Fsp3) is 0.500. The zero-order chi connectivity index (χ0) is 20.1. The molecular formula is C22H28N2O4. The van der Waals surface area contributed by atoms with Crippen LogP contribution in [-0.2, 0) is 14.3 Å². The number of rotatable bonds is 5. The summed E-state index contributed by atoms with van der Waals surface area (Å²) >= 11 is 0. The van der Waals surface area contributed by atoms with E-state index in [2.05, 4.69) is 5.32 Å². The molecule has 28 heavy (non-hydrogen) atoms. The average Bonchev–Trinajstić information content (AvgIpc) is 2.96. The highest BCUT2D eigenvalue weighted by Crippen LogP contribution is 2.27. The molecule has 1 aliphatic carbocycles. The number of carbonyl (C=O) groups excluding carboxylic acids is 2. The van der Waals surface area contributed by atoms with Gasteiger partial charge in [0.2, 0.25) is 5.91 Å². The Labute approximate surface area is 164 Å². The second kappa shape index (κ2) is 9.04. The van der Waals surface area contributed by atoms with Gasteiger partial charge < -0.3 is 14.6 Å². The first-order chi connectivity index (χ1) is 13.5. The zero-order valence-corrected chi connectivity index (χ0v) is 16.6. The molecule has 3 rings (SSSR count). The molecule has 2 aromatic rings. The molecule has 1 aromatic carbocycles. The third kappa shape index (κ3) is 4.43. The number of hydrogen-bond acceptors (Lipinski definition) is 4. The lowest BCUT2D eigenvalue weighted by atomic mass is 9.96. The molecule has 1 fully saturated rings. The van der Waals surface area contributed by atoms with Gasteiger partial charge in [0.25, 0.3) is 5.56 Å². The zero-order valence-electron chi connectivity index (χ0n) is 16.6. The molecule has 1 aromatic heterocycles. The number of nitrogens with zero attached hydrogens (tertiary/aromatic N) is 1. The van der Waals surface area contributed by atoms with E-state index in [9.17, 15) is 14.4 Å². The van der Waals surface area contributed by atoms with Crippen LogP contribution in [0.3, 0.4) is 0 Å². The van der Waals surface area contributed by atoms with Crippen molar-refractivity contribution in [2.75, 3.05) is 12.4 Å². The topological polar surface area (TPSA) is 77.4 Å². The van der Waals surface area contributed by atoms with Crippen LogP contribution in [0.4, 0.5) is 5.69 Å². The molecule has 1 heterocycles. The molecule has 1 amide bonds. The van der Waals surface area contributed by atoms with Gasteiger partial charge in [0.1, 0.15) is 6.04 Å². The van der Waals surface area contributed by atoms with Gasteiger partial charge in [-0.05, 0) is 43.9 Å². The van der Waals surface area contributed by atoms with Crippen molar-refractivity contribution in [1.82, 2.24) is 4.57 Å². The highest BCUT2D eigenvalue weighted by atomic mass is 16.5. The van der Waals surface area contributed by atoms with E-state index in [1.165, 1.54) is 37.4 Å². The average molecular weight is 384 g/mol. The molecule has 6 heteroatoms. The summed E-state index contributed by atoms with van der Waals surface area (Å²) in [6, 6.07) is 6.31. The van der Waals surface area contributed by atoms with Crippen LogP contribution in [0.2, 0.25) is 0 Å². The summed E-state index contributed by atoms with van der Waals surface area (Å²) in [5.41, 5.74) is 0.348. The molecule has 0 unspecified atom stereocenters. The first kappa shape index (κ1) is 20.1. The van der Waals surface area contributed by atoms with Crippen molar-refractivity contribution in [1.29, 1.82) is 0 Å². The smallest absolute Gasteiger partial charge is 0.328 e. The van der Waals surface area contributed by atoms with Crippen molar-refractivity contribution < 1.29 is 14.3 Å². The normalized spacial score (nSPS) is 16.4. The maximum atomic E-state index is 12.8. The van der Waals surface area contributed by atoms with Crippen LogP contribution in [0.1, 0.15) is 57.9 Å². The second-order valence-electron chi connectivity index (χ2n) is 7.60. The molecule has 1 atom stereocenters. The van der Waals surface area contributed by atoms with Crippen LogP contribution >= 0.6 is 0 Å². The fourth-order valence-corrected chi connectivity index (χ4v) is 4.02. The van der Waals surface area contributed by atoms with Gasteiger partial charge in [-0.1, -0.05) is 31.7 Å². The Morgan fingerprint density at radius 1 is 1.14 bits per heavy atom. The number of pyridine rings is 1. The number of methoxy groups -OCH3 is 1. The highest BCUT2D eigenvalue weighted by Gasteiger charge is 2.19. The van der Waals surface area contributed by atoms with E-state index in [1.54, 1.807) is 37.4 Å². The quantitative estimate of drug-likeness (QED) is 0.623. The molecule has 0 aliphatic heterocycles. The van der Waals surface area contributed by atoms with Gasteiger partial charge >= 0.3 is 5.97 Å². The van der Waals surface area contributed by atoms with E-state index in [4.69, 9.17) is 4.74 Å². The monoisotopic (exact) mass is 384 g/mol. The van der Waals surface area contributed by atoms with Gasteiger partial charge in [0.15, 0.2) is 0 Å². The van der Waals surface area contributed by atoms with Crippen molar-refractivity contribution in [2.45, 2.75) is 57.9 Å². The third-order valence-corrected chi connectivity index (χ3v) is 5.66. The standard InChI is InChI=1S/C22H28N2O4/c1-15(22(27)28-2)24-13-12-17-18(21(24)26)10-7-11-19(17)23-20(25)14-16-8-5-3-4-6-9-16/h7,10-13,15-16H,3-6,8-9,14H2,1-2H3,(H,23,25)/t15-/m1/s1. The Balaban J connectivity index is 1.82. The maximum absolute atomic E-state index is 12.8. The number of hydrogen-bond donors (Lipinski definition) is 1. The fourth-order valence-electron chi connectivity index (χ4n) is 4.02. The van der Waals surface area contributed by atoms with E-state index in [1.807, 2.05) is 0 Å². The van der Waals surface area contributed by atoms with Gasteiger partial charge in [-0.15, -0.1) is 0 Å². The predicted octanol–water partition coefficient (Wildman–Crippen LogP) is 4.03. The van der Waals surface area contributed by atoms with Crippen LogP contribution in [-0.4, -0.2) is 23.6 Å². The van der Waals surface area contributed by atoms with Crippen LogP contribution in [0, 0.1) is 5.92 Å². The summed E-state index contributed by atoms with van der Waals surface area (Å²) in [6.07, 6.45) is 9.24. The Kier molecular flexibility index (Phi) is 6.49. The van der Waals surface area contributed by atoms with Crippen LogP contribution in [0.15, 0.2) is 35.3 Å². The van der Waals surface area contributed by atoms with Gasteiger partial charge in [-0.25, -0.2) is 4.79 Å². The Morgan fingerprint density at radius 3 is 2.54 bits per heavy atom. The molecule has 0 saturated heterocycles. The maximum Gasteiger partial charge on any atom is 0.328 e. The second-order valence-corrected chi connectivity index (χ2v) is 7.60. The predicted molar refractivity (Wildman–Crippen MR) is 109 cm³/mol. The first-order valence-electron chi connectivity index (χ1n) is 10.0. The minimum Gasteiger partial charge on any atom is -0.467 e. The Hall–Kier alpha value is -2.63. The van der Waals surface area contributed by atoms with Crippen molar-refractivity contribution in [3.05, 3.63) is 40.8 Å². The minimum atomic E-state index is -0.713. The van der Waals surface area contributed by atoms with Crippen LogP contribution in [0.25, 0.3) is 10.8 Å². The number of anilines is 1. The Bertz CT molecular complexity index is 910. The number of fused-ring (bicyclic) bond motifs is 1. The Morgan fingerprint density at radius 2 is 1.86 bits per heavy atom. The van der Waals surface area contributed by atoms with E-state index < -0.39 is 12.0 Å². The molecule has 1 N–H and O–H groups in total. The van der Waals surface area contributed by atoms with Crippen molar-refractivity contribution in [2.24, 2.45) is 5.92 Å². The number of esters is 1. The number of nitrogens with one attached hydrogen (secondary N) is 1. The van der Waals surface area contributed by atoms with Crippen molar-refractivity contribution in [3.63, 3.8) is 0 Å². The molecular weight excluding hydrogens is 356 g/mol. The lowest BCUT2D eigenvalue weighted by Gasteiger charge is -2.16. The molecule has 1 aliphatic rings. The van der Waals surface area contributed by atoms with E-state index in [0.29, 0.717) is 28.8 Å². The molecule has 1 saturated carbocycles. The summed E-state index contributed by atoms with van der Waals surface area (Å²) in [5.74, 6) is -0.0450.